The van der Waals surface area contributed by atoms with E-state index in [2.05, 4.69) is 14.9 Å². The largest absolute Gasteiger partial charge is 0.461 e. The smallest absolute Gasteiger partial charge is 0.356 e. The lowest BCUT2D eigenvalue weighted by Crippen LogP contribution is -2.37. The molecule has 1 aliphatic rings. The minimum absolute atomic E-state index is 0.257. The van der Waals surface area contributed by atoms with Gasteiger partial charge in [0.2, 0.25) is 0 Å². The average Bonchev–Trinajstić information content (AvgIpc) is 2.68. The molecule has 1 saturated heterocycles. The fourth-order valence-electron chi connectivity index (χ4n) is 3.14. The summed E-state index contributed by atoms with van der Waals surface area (Å²) >= 11 is 0. The minimum Gasteiger partial charge on any atom is -0.461 e. The molecule has 0 atom stereocenters. The zero-order valence-electron chi connectivity index (χ0n) is 15.3. The number of fused-ring (bicyclic) bond motifs is 1. The molecule has 7 heteroatoms. The molecule has 0 saturated carbocycles. The van der Waals surface area contributed by atoms with Gasteiger partial charge in [0.1, 0.15) is 5.69 Å². The maximum absolute atomic E-state index is 12.0. The summed E-state index contributed by atoms with van der Waals surface area (Å²) in [5, 5.41) is 0.911. The number of carbonyl (C=O) groups excluding carboxylic acids is 1. The van der Waals surface area contributed by atoms with Crippen LogP contribution in [0.5, 0.6) is 0 Å². The van der Waals surface area contributed by atoms with Gasteiger partial charge in [-0.2, -0.15) is 0 Å². The van der Waals surface area contributed by atoms with Gasteiger partial charge in [0, 0.05) is 31.8 Å². The Balaban J connectivity index is 1.75. The zero-order valence-corrected chi connectivity index (χ0v) is 15.3. The molecule has 1 fully saturated rings. The molecule has 0 unspecified atom stereocenters. The number of rotatable bonds is 7. The first-order valence-corrected chi connectivity index (χ1v) is 9.00. The van der Waals surface area contributed by atoms with Crippen LogP contribution in [0.2, 0.25) is 0 Å². The third kappa shape index (κ3) is 4.28. The molecule has 1 aliphatic heterocycles. The van der Waals surface area contributed by atoms with Crippen LogP contribution >= 0.6 is 0 Å². The van der Waals surface area contributed by atoms with Gasteiger partial charge in [-0.15, -0.1) is 0 Å². The Labute approximate surface area is 153 Å². The summed E-state index contributed by atoms with van der Waals surface area (Å²) in [7, 11) is 1.68. The molecular weight excluding hydrogens is 334 g/mol. The summed E-state index contributed by atoms with van der Waals surface area (Å²) < 4.78 is 15.9. The third-order valence-electron chi connectivity index (χ3n) is 4.49. The fourth-order valence-corrected chi connectivity index (χ4v) is 3.14. The number of hydrogen-bond donors (Lipinski definition) is 0. The Bertz CT molecular complexity index is 745. The number of esters is 1. The highest BCUT2D eigenvalue weighted by molar-refractivity contribution is 5.95. The van der Waals surface area contributed by atoms with Crippen molar-refractivity contribution >= 4 is 22.6 Å². The van der Waals surface area contributed by atoms with Crippen LogP contribution in [0.4, 0.5) is 5.69 Å². The summed E-state index contributed by atoms with van der Waals surface area (Å²) in [6.07, 6.45) is 5.72. The lowest BCUT2D eigenvalue weighted by atomic mass is 10.1. The van der Waals surface area contributed by atoms with E-state index in [1.165, 1.54) is 0 Å². The molecule has 0 spiro atoms. The Hall–Kier alpha value is -2.25. The van der Waals surface area contributed by atoms with Crippen LogP contribution in [0.15, 0.2) is 24.5 Å². The predicted molar refractivity (Wildman–Crippen MR) is 98.6 cm³/mol. The predicted octanol–water partition coefficient (Wildman–Crippen LogP) is 2.44. The SMILES string of the molecule is CCOC(=O)c1ccc2cncc(N3CCC(OCCOC)CC3)c2n1. The summed E-state index contributed by atoms with van der Waals surface area (Å²) in [6.45, 7) is 5.09. The van der Waals surface area contributed by atoms with E-state index in [0.29, 0.717) is 25.5 Å². The highest BCUT2D eigenvalue weighted by Crippen LogP contribution is 2.27. The number of nitrogens with zero attached hydrogens (tertiary/aromatic N) is 3. The normalized spacial score (nSPS) is 15.4. The molecule has 3 heterocycles. The topological polar surface area (TPSA) is 73.8 Å². The van der Waals surface area contributed by atoms with E-state index in [4.69, 9.17) is 14.2 Å². The van der Waals surface area contributed by atoms with Crippen molar-refractivity contribution in [3.63, 3.8) is 0 Å². The minimum atomic E-state index is -0.401. The maximum atomic E-state index is 12.0. The molecule has 0 aromatic carbocycles. The Morgan fingerprint density at radius 2 is 2.04 bits per heavy atom. The average molecular weight is 359 g/mol. The van der Waals surface area contributed by atoms with Crippen molar-refractivity contribution in [1.29, 1.82) is 0 Å². The molecule has 2 aromatic heterocycles. The molecule has 0 aliphatic carbocycles. The third-order valence-corrected chi connectivity index (χ3v) is 4.49. The lowest BCUT2D eigenvalue weighted by Gasteiger charge is -2.33. The van der Waals surface area contributed by atoms with E-state index >= 15 is 0 Å². The highest BCUT2D eigenvalue weighted by atomic mass is 16.5. The number of pyridine rings is 2. The molecule has 0 bridgehead atoms. The van der Waals surface area contributed by atoms with Gasteiger partial charge in [-0.25, -0.2) is 9.78 Å². The summed E-state index contributed by atoms with van der Waals surface area (Å²) in [4.78, 5) is 23.1. The standard InChI is InChI=1S/C19H25N3O4/c1-3-25-19(23)16-5-4-14-12-20-13-17(18(14)21-16)22-8-6-15(7-9-22)26-11-10-24-2/h4-5,12-13,15H,3,6-11H2,1-2H3. The fraction of sp³-hybridized carbons (Fsp3) is 0.526. The number of hydrogen-bond acceptors (Lipinski definition) is 7. The van der Waals surface area contributed by atoms with Crippen molar-refractivity contribution in [2.75, 3.05) is 44.9 Å². The Kier molecular flexibility index (Phi) is 6.35. The van der Waals surface area contributed by atoms with Crippen LogP contribution in [0.3, 0.4) is 0 Å². The first kappa shape index (κ1) is 18.5. The van der Waals surface area contributed by atoms with Crippen LogP contribution < -0.4 is 4.90 Å². The molecule has 2 aromatic rings. The maximum Gasteiger partial charge on any atom is 0.356 e. The number of ether oxygens (including phenoxy) is 3. The van der Waals surface area contributed by atoms with Gasteiger partial charge >= 0.3 is 5.97 Å². The van der Waals surface area contributed by atoms with Crippen molar-refractivity contribution in [2.45, 2.75) is 25.9 Å². The van der Waals surface area contributed by atoms with Crippen LogP contribution in [-0.2, 0) is 14.2 Å². The number of methoxy groups -OCH3 is 1. The number of carbonyl (C=O) groups is 1. The van der Waals surface area contributed by atoms with Crippen LogP contribution in [0.1, 0.15) is 30.3 Å². The first-order chi connectivity index (χ1) is 12.7. The zero-order chi connectivity index (χ0) is 18.4. The highest BCUT2D eigenvalue weighted by Gasteiger charge is 2.22. The number of anilines is 1. The van der Waals surface area contributed by atoms with Gasteiger partial charge in [-0.1, -0.05) is 0 Å². The van der Waals surface area contributed by atoms with Crippen molar-refractivity contribution in [2.24, 2.45) is 0 Å². The quantitative estimate of drug-likeness (QED) is 0.555. The van der Waals surface area contributed by atoms with Crippen molar-refractivity contribution in [3.05, 3.63) is 30.2 Å². The van der Waals surface area contributed by atoms with E-state index in [1.54, 1.807) is 26.3 Å². The van der Waals surface area contributed by atoms with E-state index in [1.807, 2.05) is 12.3 Å². The summed E-state index contributed by atoms with van der Waals surface area (Å²) in [6, 6.07) is 3.55. The van der Waals surface area contributed by atoms with Crippen LogP contribution in [0.25, 0.3) is 10.9 Å². The molecule has 3 rings (SSSR count). The van der Waals surface area contributed by atoms with Crippen LogP contribution in [0, 0.1) is 0 Å². The number of piperidine rings is 1. The van der Waals surface area contributed by atoms with E-state index < -0.39 is 5.97 Å². The first-order valence-electron chi connectivity index (χ1n) is 9.00. The van der Waals surface area contributed by atoms with Gasteiger partial charge in [0.05, 0.1) is 43.3 Å². The summed E-state index contributed by atoms with van der Waals surface area (Å²) in [5.41, 5.74) is 2.05. The van der Waals surface area contributed by atoms with Gasteiger partial charge < -0.3 is 19.1 Å². The van der Waals surface area contributed by atoms with Crippen molar-refractivity contribution < 1.29 is 19.0 Å². The molecule has 0 N–H and O–H groups in total. The van der Waals surface area contributed by atoms with Gasteiger partial charge in [-0.3, -0.25) is 4.98 Å². The monoisotopic (exact) mass is 359 g/mol. The second-order valence-corrected chi connectivity index (χ2v) is 6.20. The van der Waals surface area contributed by atoms with E-state index in [0.717, 1.165) is 42.5 Å². The molecular formula is C19H25N3O4. The lowest BCUT2D eigenvalue weighted by molar-refractivity contribution is 0.00612. The molecule has 7 nitrogen and oxygen atoms in total. The van der Waals surface area contributed by atoms with Gasteiger partial charge in [0.15, 0.2) is 0 Å². The van der Waals surface area contributed by atoms with Gasteiger partial charge in [0.25, 0.3) is 0 Å². The van der Waals surface area contributed by atoms with Gasteiger partial charge in [-0.05, 0) is 31.9 Å². The number of aromatic nitrogens is 2. The molecule has 140 valence electrons. The van der Waals surface area contributed by atoms with Crippen molar-refractivity contribution in [1.82, 2.24) is 9.97 Å². The molecule has 0 amide bonds. The van der Waals surface area contributed by atoms with Crippen LogP contribution in [-0.4, -0.2) is 62.1 Å². The van der Waals surface area contributed by atoms with Crippen molar-refractivity contribution in [3.8, 4) is 0 Å². The molecule has 26 heavy (non-hydrogen) atoms. The Morgan fingerprint density at radius 1 is 1.23 bits per heavy atom. The Morgan fingerprint density at radius 3 is 2.77 bits per heavy atom. The van der Waals surface area contributed by atoms with E-state index in [9.17, 15) is 4.79 Å². The van der Waals surface area contributed by atoms with E-state index in [-0.39, 0.29) is 6.10 Å². The second-order valence-electron chi connectivity index (χ2n) is 6.20. The summed E-state index contributed by atoms with van der Waals surface area (Å²) in [5.74, 6) is -0.401. The molecule has 0 radical (unpaired) electrons. The second kappa shape index (κ2) is 8.91.